The first-order valence-electron chi connectivity index (χ1n) is 6.53. The lowest BCUT2D eigenvalue weighted by Crippen LogP contribution is -2.50. The van der Waals surface area contributed by atoms with Gasteiger partial charge in [0, 0.05) is 41.9 Å². The van der Waals surface area contributed by atoms with E-state index in [0.29, 0.717) is 13.1 Å². The molecule has 3 heterocycles. The van der Waals surface area contributed by atoms with Crippen LogP contribution < -0.4 is 0 Å². The number of rotatable bonds is 2. The lowest BCUT2D eigenvalue weighted by atomic mass is 10.1. The van der Waals surface area contributed by atoms with Crippen molar-refractivity contribution >= 4 is 16.8 Å². The van der Waals surface area contributed by atoms with E-state index >= 15 is 0 Å². The summed E-state index contributed by atoms with van der Waals surface area (Å²) in [6, 6.07) is 7.95. The van der Waals surface area contributed by atoms with E-state index in [0.717, 1.165) is 16.5 Å². The van der Waals surface area contributed by atoms with E-state index in [1.54, 1.807) is 10.9 Å². The van der Waals surface area contributed by atoms with Crippen molar-refractivity contribution in [1.82, 2.24) is 24.9 Å². The average molecular weight is 267 g/mol. The topological polar surface area (TPSA) is 66.8 Å². The number of hydrogen-bond acceptors (Lipinski definition) is 3. The number of amides is 1. The first-order chi connectivity index (χ1) is 9.81. The molecule has 1 amide bonds. The second-order valence-corrected chi connectivity index (χ2v) is 5.03. The number of carbonyl (C=O) groups is 1. The normalized spacial score (nSPS) is 15.5. The fourth-order valence-electron chi connectivity index (χ4n) is 2.57. The summed E-state index contributed by atoms with van der Waals surface area (Å²) in [5, 5.41) is 8.81. The number of benzene rings is 1. The molecule has 1 N–H and O–H groups in total. The molecule has 4 rings (SSSR count). The van der Waals surface area contributed by atoms with Crippen LogP contribution in [0.15, 0.2) is 42.9 Å². The Balaban J connectivity index is 1.51. The lowest BCUT2D eigenvalue weighted by Gasteiger charge is -2.38. The molecule has 1 saturated heterocycles. The second kappa shape index (κ2) is 4.19. The number of aromatic nitrogens is 4. The summed E-state index contributed by atoms with van der Waals surface area (Å²) in [5.41, 5.74) is 1.78. The van der Waals surface area contributed by atoms with Crippen molar-refractivity contribution < 1.29 is 4.79 Å². The van der Waals surface area contributed by atoms with Crippen LogP contribution in [0.2, 0.25) is 0 Å². The number of nitrogens with one attached hydrogen (secondary N) is 1. The Kier molecular flexibility index (Phi) is 2.35. The SMILES string of the molecule is O=C(c1ccc2[nH]ccc2c1)N1CC(n2ccnn2)C1. The highest BCUT2D eigenvalue weighted by Crippen LogP contribution is 2.23. The Hall–Kier alpha value is -2.63. The molecule has 0 radical (unpaired) electrons. The van der Waals surface area contributed by atoms with E-state index < -0.39 is 0 Å². The monoisotopic (exact) mass is 267 g/mol. The molecule has 1 aliphatic rings. The van der Waals surface area contributed by atoms with Gasteiger partial charge in [-0.05, 0) is 24.3 Å². The molecule has 6 nitrogen and oxygen atoms in total. The van der Waals surface area contributed by atoms with Gasteiger partial charge < -0.3 is 9.88 Å². The highest BCUT2D eigenvalue weighted by atomic mass is 16.2. The standard InChI is InChI=1S/C14H13N5O/c20-14(11-1-2-13-10(7-11)3-4-15-13)18-8-12(9-18)19-6-5-16-17-19/h1-7,12,15H,8-9H2. The fraction of sp³-hybridized carbons (Fsp3) is 0.214. The summed E-state index contributed by atoms with van der Waals surface area (Å²) in [6.45, 7) is 1.38. The number of aromatic amines is 1. The van der Waals surface area contributed by atoms with Gasteiger partial charge in [0.15, 0.2) is 0 Å². The summed E-state index contributed by atoms with van der Waals surface area (Å²) in [4.78, 5) is 17.3. The van der Waals surface area contributed by atoms with Crippen molar-refractivity contribution in [3.05, 3.63) is 48.4 Å². The van der Waals surface area contributed by atoms with Gasteiger partial charge in [0.25, 0.3) is 5.91 Å². The molecule has 6 heteroatoms. The van der Waals surface area contributed by atoms with Crippen LogP contribution in [0.3, 0.4) is 0 Å². The fourth-order valence-corrected chi connectivity index (χ4v) is 2.57. The molecule has 0 aliphatic carbocycles. The number of likely N-dealkylation sites (tertiary alicyclic amines) is 1. The van der Waals surface area contributed by atoms with E-state index in [9.17, 15) is 4.79 Å². The Morgan fingerprint density at radius 3 is 3.00 bits per heavy atom. The molecule has 3 aromatic rings. The number of hydrogen-bond donors (Lipinski definition) is 1. The van der Waals surface area contributed by atoms with E-state index in [2.05, 4.69) is 15.3 Å². The Labute approximate surface area is 115 Å². The molecule has 1 aromatic carbocycles. The van der Waals surface area contributed by atoms with Crippen LogP contribution in [0, 0.1) is 0 Å². The Morgan fingerprint density at radius 2 is 2.20 bits per heavy atom. The number of nitrogens with zero attached hydrogens (tertiary/aromatic N) is 4. The zero-order valence-electron chi connectivity index (χ0n) is 10.7. The number of carbonyl (C=O) groups excluding carboxylic acids is 1. The Bertz CT molecular complexity index is 755. The van der Waals surface area contributed by atoms with Crippen molar-refractivity contribution in [2.24, 2.45) is 0 Å². The van der Waals surface area contributed by atoms with Crippen molar-refractivity contribution in [3.63, 3.8) is 0 Å². The van der Waals surface area contributed by atoms with Gasteiger partial charge in [-0.25, -0.2) is 4.68 Å². The van der Waals surface area contributed by atoms with Crippen LogP contribution in [-0.2, 0) is 0 Å². The third-order valence-electron chi connectivity index (χ3n) is 3.76. The molecule has 1 aliphatic heterocycles. The molecule has 0 bridgehead atoms. The van der Waals surface area contributed by atoms with Crippen LogP contribution in [0.4, 0.5) is 0 Å². The molecule has 1 fully saturated rings. The summed E-state index contributed by atoms with van der Waals surface area (Å²) in [6.07, 6.45) is 5.37. The van der Waals surface area contributed by atoms with Crippen LogP contribution in [0.1, 0.15) is 16.4 Å². The molecule has 0 spiro atoms. The average Bonchev–Trinajstić information content (AvgIpc) is 3.06. The highest BCUT2D eigenvalue weighted by Gasteiger charge is 2.32. The van der Waals surface area contributed by atoms with Crippen molar-refractivity contribution in [3.8, 4) is 0 Å². The van der Waals surface area contributed by atoms with Crippen molar-refractivity contribution in [2.75, 3.05) is 13.1 Å². The quantitative estimate of drug-likeness (QED) is 0.764. The van der Waals surface area contributed by atoms with Gasteiger partial charge in [-0.1, -0.05) is 5.21 Å². The van der Waals surface area contributed by atoms with Gasteiger partial charge in [-0.2, -0.15) is 0 Å². The van der Waals surface area contributed by atoms with E-state index in [1.165, 1.54) is 0 Å². The third kappa shape index (κ3) is 1.69. The maximum Gasteiger partial charge on any atom is 0.254 e. The summed E-state index contributed by atoms with van der Waals surface area (Å²) < 4.78 is 1.80. The van der Waals surface area contributed by atoms with Crippen LogP contribution in [0.5, 0.6) is 0 Å². The first-order valence-corrected chi connectivity index (χ1v) is 6.53. The molecule has 0 atom stereocenters. The summed E-state index contributed by atoms with van der Waals surface area (Å²) in [7, 11) is 0. The van der Waals surface area contributed by atoms with Gasteiger partial charge in [0.05, 0.1) is 12.2 Å². The molecule has 20 heavy (non-hydrogen) atoms. The zero-order valence-corrected chi connectivity index (χ0v) is 10.7. The largest absolute Gasteiger partial charge is 0.361 e. The maximum absolute atomic E-state index is 12.4. The Morgan fingerprint density at radius 1 is 1.30 bits per heavy atom. The van der Waals surface area contributed by atoms with Crippen molar-refractivity contribution in [1.29, 1.82) is 0 Å². The van der Waals surface area contributed by atoms with Gasteiger partial charge >= 0.3 is 0 Å². The minimum Gasteiger partial charge on any atom is -0.361 e. The van der Waals surface area contributed by atoms with Crippen molar-refractivity contribution in [2.45, 2.75) is 6.04 Å². The molecule has 0 unspecified atom stereocenters. The zero-order chi connectivity index (χ0) is 13.5. The molecule has 2 aromatic heterocycles. The minimum atomic E-state index is 0.0736. The smallest absolute Gasteiger partial charge is 0.254 e. The van der Waals surface area contributed by atoms with Crippen LogP contribution >= 0.6 is 0 Å². The summed E-state index contributed by atoms with van der Waals surface area (Å²) in [5.74, 6) is 0.0736. The molecular formula is C14H13N5O. The van der Waals surface area contributed by atoms with Gasteiger partial charge in [0.1, 0.15) is 0 Å². The molecular weight excluding hydrogens is 254 g/mol. The second-order valence-electron chi connectivity index (χ2n) is 5.03. The first kappa shape index (κ1) is 11.2. The third-order valence-corrected chi connectivity index (χ3v) is 3.76. The number of fused-ring (bicyclic) bond motifs is 1. The van der Waals surface area contributed by atoms with E-state index in [4.69, 9.17) is 0 Å². The molecule has 100 valence electrons. The highest BCUT2D eigenvalue weighted by molar-refractivity contribution is 5.98. The van der Waals surface area contributed by atoms with Crippen LogP contribution in [-0.4, -0.2) is 43.9 Å². The van der Waals surface area contributed by atoms with Gasteiger partial charge in [-0.15, -0.1) is 5.10 Å². The maximum atomic E-state index is 12.4. The minimum absolute atomic E-state index is 0.0736. The lowest BCUT2D eigenvalue weighted by molar-refractivity contribution is 0.0498. The predicted molar refractivity (Wildman–Crippen MR) is 73.3 cm³/mol. The predicted octanol–water partition coefficient (Wildman–Crippen LogP) is 1.46. The van der Waals surface area contributed by atoms with Gasteiger partial charge in [-0.3, -0.25) is 4.79 Å². The van der Waals surface area contributed by atoms with Crippen LogP contribution in [0.25, 0.3) is 10.9 Å². The van der Waals surface area contributed by atoms with E-state index in [-0.39, 0.29) is 11.9 Å². The molecule has 0 saturated carbocycles. The van der Waals surface area contributed by atoms with Gasteiger partial charge in [0.2, 0.25) is 0 Å². The summed E-state index contributed by atoms with van der Waals surface area (Å²) >= 11 is 0. The van der Waals surface area contributed by atoms with E-state index in [1.807, 2.05) is 41.6 Å². The number of H-pyrrole nitrogens is 1.